The number of amides is 2. The minimum Gasteiger partial charge on any atom is -0.339 e. The Balaban J connectivity index is 1.35. The molecular formula is C22H24N2O2. The lowest BCUT2D eigenvalue weighted by Gasteiger charge is -2.36. The second kappa shape index (κ2) is 7.32. The number of piperidine rings is 1. The summed E-state index contributed by atoms with van der Waals surface area (Å²) in [5.41, 5.74) is 3.36. The molecule has 0 spiro atoms. The van der Waals surface area contributed by atoms with Crippen LogP contribution in [0.5, 0.6) is 0 Å². The predicted octanol–water partition coefficient (Wildman–Crippen LogP) is 3.12. The van der Waals surface area contributed by atoms with Crippen molar-refractivity contribution < 1.29 is 9.59 Å². The van der Waals surface area contributed by atoms with E-state index >= 15 is 0 Å². The lowest BCUT2D eigenvalue weighted by atomic mass is 9.92. The molecule has 0 N–H and O–H groups in total. The highest BCUT2D eigenvalue weighted by Gasteiger charge is 2.31. The first-order chi connectivity index (χ1) is 12.7. The van der Waals surface area contributed by atoms with Crippen molar-refractivity contribution in [3.05, 3.63) is 71.3 Å². The van der Waals surface area contributed by atoms with E-state index in [1.54, 1.807) is 0 Å². The number of benzene rings is 2. The maximum atomic E-state index is 12.9. The Labute approximate surface area is 154 Å². The summed E-state index contributed by atoms with van der Waals surface area (Å²) in [7, 11) is 0. The van der Waals surface area contributed by atoms with Gasteiger partial charge in [0.25, 0.3) is 5.91 Å². The average Bonchev–Trinajstić information content (AvgIpc) is 2.73. The van der Waals surface area contributed by atoms with Gasteiger partial charge < -0.3 is 9.80 Å². The standard InChI is InChI=1S/C22H24N2O2/c25-21(18-7-2-1-3-8-18)23-13-11-19(12-14-23)22(26)24-15-10-17-6-4-5-9-20(17)16-24/h1-9,19H,10-16H2. The van der Waals surface area contributed by atoms with Gasteiger partial charge in [0, 0.05) is 37.7 Å². The zero-order valence-electron chi connectivity index (χ0n) is 14.9. The molecule has 2 aliphatic rings. The van der Waals surface area contributed by atoms with E-state index in [2.05, 4.69) is 18.2 Å². The number of nitrogens with zero attached hydrogens (tertiary/aromatic N) is 2. The summed E-state index contributed by atoms with van der Waals surface area (Å²) in [6, 6.07) is 17.8. The number of likely N-dealkylation sites (tertiary alicyclic amines) is 1. The van der Waals surface area contributed by atoms with Crippen LogP contribution >= 0.6 is 0 Å². The van der Waals surface area contributed by atoms with Crippen molar-refractivity contribution >= 4 is 11.8 Å². The van der Waals surface area contributed by atoms with Crippen molar-refractivity contribution in [2.45, 2.75) is 25.8 Å². The normalized spacial score (nSPS) is 17.7. The quantitative estimate of drug-likeness (QED) is 0.837. The third-order valence-electron chi connectivity index (χ3n) is 5.59. The van der Waals surface area contributed by atoms with Crippen molar-refractivity contribution in [1.82, 2.24) is 9.80 Å². The molecule has 2 aromatic rings. The van der Waals surface area contributed by atoms with Gasteiger partial charge in [-0.05, 0) is 42.5 Å². The zero-order valence-corrected chi connectivity index (χ0v) is 14.9. The van der Waals surface area contributed by atoms with Gasteiger partial charge in [0.15, 0.2) is 0 Å². The maximum Gasteiger partial charge on any atom is 0.253 e. The van der Waals surface area contributed by atoms with Crippen LogP contribution in [0.15, 0.2) is 54.6 Å². The van der Waals surface area contributed by atoms with E-state index in [9.17, 15) is 9.59 Å². The second-order valence-corrected chi connectivity index (χ2v) is 7.21. The molecule has 2 aromatic carbocycles. The summed E-state index contributed by atoms with van der Waals surface area (Å²) in [6.45, 7) is 2.85. The molecule has 1 fully saturated rings. The van der Waals surface area contributed by atoms with E-state index in [4.69, 9.17) is 0 Å². The molecule has 26 heavy (non-hydrogen) atoms. The highest BCUT2D eigenvalue weighted by atomic mass is 16.2. The first-order valence-electron chi connectivity index (χ1n) is 9.42. The van der Waals surface area contributed by atoms with Gasteiger partial charge in [-0.3, -0.25) is 9.59 Å². The number of hydrogen-bond donors (Lipinski definition) is 0. The Morgan fingerprint density at radius 2 is 1.42 bits per heavy atom. The van der Waals surface area contributed by atoms with Crippen LogP contribution in [0.4, 0.5) is 0 Å². The molecule has 2 amide bonds. The summed E-state index contributed by atoms with van der Waals surface area (Å²) in [4.78, 5) is 29.4. The molecule has 134 valence electrons. The van der Waals surface area contributed by atoms with Crippen LogP contribution in [0.2, 0.25) is 0 Å². The monoisotopic (exact) mass is 348 g/mol. The Kier molecular flexibility index (Phi) is 4.74. The number of carbonyl (C=O) groups excluding carboxylic acids is 2. The minimum atomic E-state index is 0.0417. The zero-order chi connectivity index (χ0) is 17.9. The Morgan fingerprint density at radius 3 is 2.15 bits per heavy atom. The van der Waals surface area contributed by atoms with E-state index in [-0.39, 0.29) is 17.7 Å². The molecule has 4 nitrogen and oxygen atoms in total. The molecule has 0 bridgehead atoms. The Bertz CT molecular complexity index is 795. The summed E-state index contributed by atoms with van der Waals surface area (Å²) in [5.74, 6) is 0.370. The third kappa shape index (κ3) is 3.36. The van der Waals surface area contributed by atoms with E-state index in [0.29, 0.717) is 13.1 Å². The van der Waals surface area contributed by atoms with E-state index in [1.165, 1.54) is 11.1 Å². The molecule has 0 aliphatic carbocycles. The van der Waals surface area contributed by atoms with Crippen molar-refractivity contribution in [2.75, 3.05) is 19.6 Å². The maximum absolute atomic E-state index is 12.9. The van der Waals surface area contributed by atoms with Crippen LogP contribution in [0.25, 0.3) is 0 Å². The van der Waals surface area contributed by atoms with Crippen molar-refractivity contribution in [3.63, 3.8) is 0 Å². The molecule has 0 radical (unpaired) electrons. The average molecular weight is 348 g/mol. The molecule has 4 heteroatoms. The van der Waals surface area contributed by atoms with Crippen molar-refractivity contribution in [3.8, 4) is 0 Å². The molecule has 1 saturated heterocycles. The molecule has 0 aromatic heterocycles. The highest BCUT2D eigenvalue weighted by Crippen LogP contribution is 2.25. The lowest BCUT2D eigenvalue weighted by molar-refractivity contribution is -0.137. The van der Waals surface area contributed by atoms with E-state index in [1.807, 2.05) is 46.2 Å². The fraction of sp³-hybridized carbons (Fsp3) is 0.364. The first kappa shape index (κ1) is 16.8. The van der Waals surface area contributed by atoms with Gasteiger partial charge in [-0.1, -0.05) is 42.5 Å². The predicted molar refractivity (Wildman–Crippen MR) is 101 cm³/mol. The summed E-state index contributed by atoms with van der Waals surface area (Å²) in [5, 5.41) is 0. The SMILES string of the molecule is O=C(c1ccccc1)N1CCC(C(=O)N2CCc3ccccc3C2)CC1. The lowest BCUT2D eigenvalue weighted by Crippen LogP contribution is -2.45. The molecule has 2 heterocycles. The van der Waals surface area contributed by atoms with Crippen LogP contribution in [0, 0.1) is 5.92 Å². The summed E-state index contributed by atoms with van der Waals surface area (Å²) >= 11 is 0. The Morgan fingerprint density at radius 1 is 0.769 bits per heavy atom. The number of rotatable bonds is 2. The van der Waals surface area contributed by atoms with Gasteiger partial charge in [0.1, 0.15) is 0 Å². The van der Waals surface area contributed by atoms with Gasteiger partial charge in [0.05, 0.1) is 0 Å². The van der Waals surface area contributed by atoms with Crippen molar-refractivity contribution in [2.24, 2.45) is 5.92 Å². The van der Waals surface area contributed by atoms with Gasteiger partial charge in [-0.15, -0.1) is 0 Å². The molecule has 4 rings (SSSR count). The largest absolute Gasteiger partial charge is 0.339 e. The van der Waals surface area contributed by atoms with Crippen LogP contribution in [0.3, 0.4) is 0 Å². The summed E-state index contributed by atoms with van der Waals surface area (Å²) in [6.07, 6.45) is 2.46. The van der Waals surface area contributed by atoms with E-state index in [0.717, 1.165) is 37.9 Å². The number of carbonyl (C=O) groups is 2. The second-order valence-electron chi connectivity index (χ2n) is 7.21. The van der Waals surface area contributed by atoms with Crippen molar-refractivity contribution in [1.29, 1.82) is 0 Å². The van der Waals surface area contributed by atoms with Crippen LogP contribution in [-0.4, -0.2) is 41.2 Å². The fourth-order valence-corrected chi connectivity index (χ4v) is 4.03. The summed E-state index contributed by atoms with van der Waals surface area (Å²) < 4.78 is 0. The number of hydrogen-bond acceptors (Lipinski definition) is 2. The molecule has 0 atom stereocenters. The van der Waals surface area contributed by atoms with Gasteiger partial charge >= 0.3 is 0 Å². The minimum absolute atomic E-state index is 0.0417. The first-order valence-corrected chi connectivity index (χ1v) is 9.42. The fourth-order valence-electron chi connectivity index (χ4n) is 4.03. The molecule has 2 aliphatic heterocycles. The topological polar surface area (TPSA) is 40.6 Å². The van der Waals surface area contributed by atoms with Crippen LogP contribution < -0.4 is 0 Å². The molecule has 0 unspecified atom stereocenters. The van der Waals surface area contributed by atoms with Crippen LogP contribution in [0.1, 0.15) is 34.3 Å². The van der Waals surface area contributed by atoms with Gasteiger partial charge in [-0.2, -0.15) is 0 Å². The Hall–Kier alpha value is -2.62. The van der Waals surface area contributed by atoms with E-state index < -0.39 is 0 Å². The van der Waals surface area contributed by atoms with Gasteiger partial charge in [0.2, 0.25) is 5.91 Å². The number of fused-ring (bicyclic) bond motifs is 1. The van der Waals surface area contributed by atoms with Gasteiger partial charge in [-0.25, -0.2) is 0 Å². The third-order valence-corrected chi connectivity index (χ3v) is 5.59. The highest BCUT2D eigenvalue weighted by molar-refractivity contribution is 5.94. The smallest absolute Gasteiger partial charge is 0.253 e. The van der Waals surface area contributed by atoms with Crippen LogP contribution in [-0.2, 0) is 17.8 Å². The molecule has 0 saturated carbocycles. The molecular weight excluding hydrogens is 324 g/mol.